The van der Waals surface area contributed by atoms with Gasteiger partial charge in [0.2, 0.25) is 0 Å². The summed E-state index contributed by atoms with van der Waals surface area (Å²) in [6.45, 7) is 1.60. The molecule has 0 aliphatic rings. The van der Waals surface area contributed by atoms with Gasteiger partial charge in [-0.25, -0.2) is 0 Å². The molecule has 0 aliphatic heterocycles. The fraction of sp³-hybridized carbons (Fsp3) is 0.381. The van der Waals surface area contributed by atoms with Gasteiger partial charge in [0.05, 0.1) is 13.2 Å². The molecule has 0 fully saturated rings. The molecular weight excluding hydrogens is 324 g/mol. The molecule has 1 unspecified atom stereocenters. The number of guanidine groups is 1. The average Bonchev–Trinajstić information content (AvgIpc) is 2.67. The molecule has 2 aromatic rings. The Kier molecular flexibility index (Phi) is 7.96. The fourth-order valence-electron chi connectivity index (χ4n) is 2.83. The number of hydrogen-bond acceptors (Lipinski definition) is 3. The van der Waals surface area contributed by atoms with Crippen LogP contribution in [0.5, 0.6) is 5.75 Å². The molecule has 2 N–H and O–H groups in total. The lowest BCUT2D eigenvalue weighted by molar-refractivity contribution is 0.297. The van der Waals surface area contributed by atoms with Crippen molar-refractivity contribution in [3.05, 3.63) is 65.7 Å². The predicted octanol–water partition coefficient (Wildman–Crippen LogP) is 2.71. The maximum Gasteiger partial charge on any atom is 0.191 e. The van der Waals surface area contributed by atoms with E-state index < -0.39 is 0 Å². The number of hydrogen-bond donors (Lipinski definition) is 2. The lowest BCUT2D eigenvalue weighted by Crippen LogP contribution is -2.42. The number of rotatable bonds is 8. The molecule has 0 aliphatic carbocycles. The fourth-order valence-corrected chi connectivity index (χ4v) is 2.83. The molecule has 0 radical (unpaired) electrons. The van der Waals surface area contributed by atoms with Gasteiger partial charge < -0.3 is 20.3 Å². The van der Waals surface area contributed by atoms with Gasteiger partial charge in [-0.05, 0) is 43.8 Å². The molecule has 0 saturated heterocycles. The van der Waals surface area contributed by atoms with E-state index in [1.54, 1.807) is 14.2 Å². The van der Waals surface area contributed by atoms with Crippen LogP contribution in [0, 0.1) is 0 Å². The Balaban J connectivity index is 1.89. The molecule has 0 amide bonds. The van der Waals surface area contributed by atoms with E-state index in [4.69, 9.17) is 4.74 Å². The zero-order valence-corrected chi connectivity index (χ0v) is 16.2. The molecule has 26 heavy (non-hydrogen) atoms. The van der Waals surface area contributed by atoms with Crippen LogP contribution < -0.4 is 15.4 Å². The number of ether oxygens (including phenoxy) is 1. The van der Waals surface area contributed by atoms with Gasteiger partial charge in [0.25, 0.3) is 0 Å². The van der Waals surface area contributed by atoms with Gasteiger partial charge in [0.1, 0.15) is 5.75 Å². The second-order valence-electron chi connectivity index (χ2n) is 6.37. The van der Waals surface area contributed by atoms with Gasteiger partial charge in [0, 0.05) is 20.1 Å². The van der Waals surface area contributed by atoms with Crippen LogP contribution in [0.15, 0.2) is 59.6 Å². The highest BCUT2D eigenvalue weighted by atomic mass is 16.5. The molecular formula is C21H30N4O. The zero-order valence-electron chi connectivity index (χ0n) is 16.2. The van der Waals surface area contributed by atoms with E-state index >= 15 is 0 Å². The lowest BCUT2D eigenvalue weighted by Gasteiger charge is -2.26. The Morgan fingerprint density at radius 3 is 2.50 bits per heavy atom. The first kappa shape index (κ1) is 19.8. The van der Waals surface area contributed by atoms with Gasteiger partial charge in [-0.3, -0.25) is 4.99 Å². The molecule has 5 nitrogen and oxygen atoms in total. The van der Waals surface area contributed by atoms with Gasteiger partial charge in [-0.2, -0.15) is 0 Å². The van der Waals surface area contributed by atoms with Gasteiger partial charge >= 0.3 is 0 Å². The maximum absolute atomic E-state index is 5.35. The van der Waals surface area contributed by atoms with Crippen LogP contribution in [0.3, 0.4) is 0 Å². The zero-order chi connectivity index (χ0) is 18.8. The maximum atomic E-state index is 5.35. The Hall–Kier alpha value is -2.53. The summed E-state index contributed by atoms with van der Waals surface area (Å²) in [4.78, 5) is 6.52. The number of benzene rings is 2. The molecule has 0 bridgehead atoms. The standard InChI is InChI=1S/C21H30N4O/c1-22-21(23-14-13-17-9-6-5-7-10-17)24-16-20(25(2)3)18-11-8-12-19(15-18)26-4/h5-12,15,20H,13-14,16H2,1-4H3,(H2,22,23,24). The summed E-state index contributed by atoms with van der Waals surface area (Å²) < 4.78 is 5.35. The molecule has 0 saturated carbocycles. The van der Waals surface area contributed by atoms with Crippen molar-refractivity contribution in [2.75, 3.05) is 41.3 Å². The minimum atomic E-state index is 0.220. The van der Waals surface area contributed by atoms with Crippen LogP contribution in [0.4, 0.5) is 0 Å². The Bertz CT molecular complexity index is 685. The quantitative estimate of drug-likeness (QED) is 0.565. The summed E-state index contributed by atoms with van der Waals surface area (Å²) in [5.41, 5.74) is 2.53. The summed E-state index contributed by atoms with van der Waals surface area (Å²) in [7, 11) is 7.66. The lowest BCUT2D eigenvalue weighted by atomic mass is 10.1. The number of nitrogens with one attached hydrogen (secondary N) is 2. The number of likely N-dealkylation sites (N-methyl/N-ethyl adjacent to an activating group) is 1. The van der Waals surface area contributed by atoms with Crippen LogP contribution in [0.2, 0.25) is 0 Å². The normalized spacial score (nSPS) is 12.7. The Morgan fingerprint density at radius 1 is 1.08 bits per heavy atom. The van der Waals surface area contributed by atoms with E-state index in [0.29, 0.717) is 0 Å². The minimum absolute atomic E-state index is 0.220. The van der Waals surface area contributed by atoms with Gasteiger partial charge in [0.15, 0.2) is 5.96 Å². The number of nitrogens with zero attached hydrogens (tertiary/aromatic N) is 2. The van der Waals surface area contributed by atoms with E-state index in [1.807, 2.05) is 18.2 Å². The van der Waals surface area contributed by atoms with Crippen LogP contribution >= 0.6 is 0 Å². The topological polar surface area (TPSA) is 48.9 Å². The average molecular weight is 354 g/mol. The molecule has 2 rings (SSSR count). The number of aliphatic imine (C=N–C) groups is 1. The van der Waals surface area contributed by atoms with E-state index in [-0.39, 0.29) is 6.04 Å². The monoisotopic (exact) mass is 354 g/mol. The number of methoxy groups -OCH3 is 1. The van der Waals surface area contributed by atoms with Crippen molar-refractivity contribution in [1.82, 2.24) is 15.5 Å². The summed E-state index contributed by atoms with van der Waals surface area (Å²) in [5.74, 6) is 1.69. The summed E-state index contributed by atoms with van der Waals surface area (Å²) >= 11 is 0. The summed E-state index contributed by atoms with van der Waals surface area (Å²) in [5, 5.41) is 6.81. The van der Waals surface area contributed by atoms with Crippen molar-refractivity contribution in [1.29, 1.82) is 0 Å². The third-order valence-electron chi connectivity index (χ3n) is 4.34. The van der Waals surface area contributed by atoms with Crippen molar-refractivity contribution in [2.24, 2.45) is 4.99 Å². The van der Waals surface area contributed by atoms with Gasteiger partial charge in [-0.15, -0.1) is 0 Å². The molecule has 0 heterocycles. The first-order chi connectivity index (χ1) is 12.6. The minimum Gasteiger partial charge on any atom is -0.497 e. The summed E-state index contributed by atoms with van der Waals surface area (Å²) in [6.07, 6.45) is 0.967. The van der Waals surface area contributed by atoms with Gasteiger partial charge in [-0.1, -0.05) is 42.5 Å². The van der Waals surface area contributed by atoms with Crippen LogP contribution in [0.1, 0.15) is 17.2 Å². The molecule has 140 valence electrons. The third-order valence-corrected chi connectivity index (χ3v) is 4.34. The first-order valence-electron chi connectivity index (χ1n) is 8.93. The van der Waals surface area contributed by atoms with Crippen molar-refractivity contribution in [3.8, 4) is 5.75 Å². The van der Waals surface area contributed by atoms with E-state index in [2.05, 4.69) is 71.0 Å². The third kappa shape index (κ3) is 6.08. The van der Waals surface area contributed by atoms with E-state index in [0.717, 1.165) is 31.2 Å². The SMILES string of the molecule is CN=C(NCCc1ccccc1)NCC(c1cccc(OC)c1)N(C)C. The van der Waals surface area contributed by atoms with E-state index in [1.165, 1.54) is 11.1 Å². The predicted molar refractivity (Wildman–Crippen MR) is 109 cm³/mol. The Labute approximate surface area is 157 Å². The Morgan fingerprint density at radius 2 is 1.85 bits per heavy atom. The van der Waals surface area contributed by atoms with E-state index in [9.17, 15) is 0 Å². The van der Waals surface area contributed by atoms with Crippen molar-refractivity contribution in [2.45, 2.75) is 12.5 Å². The second kappa shape index (κ2) is 10.5. The van der Waals surface area contributed by atoms with Crippen molar-refractivity contribution in [3.63, 3.8) is 0 Å². The van der Waals surface area contributed by atoms with Crippen LogP contribution in [-0.4, -0.2) is 52.2 Å². The van der Waals surface area contributed by atoms with Crippen molar-refractivity contribution < 1.29 is 4.74 Å². The highest BCUT2D eigenvalue weighted by Gasteiger charge is 2.15. The second-order valence-corrected chi connectivity index (χ2v) is 6.37. The first-order valence-corrected chi connectivity index (χ1v) is 8.93. The van der Waals surface area contributed by atoms with Crippen molar-refractivity contribution >= 4 is 5.96 Å². The van der Waals surface area contributed by atoms with Crippen LogP contribution in [0.25, 0.3) is 0 Å². The highest BCUT2D eigenvalue weighted by Crippen LogP contribution is 2.22. The highest BCUT2D eigenvalue weighted by molar-refractivity contribution is 5.79. The molecule has 0 spiro atoms. The molecule has 2 aromatic carbocycles. The van der Waals surface area contributed by atoms with Crippen LogP contribution in [-0.2, 0) is 6.42 Å². The molecule has 1 atom stereocenters. The molecule has 0 aromatic heterocycles. The summed E-state index contributed by atoms with van der Waals surface area (Å²) in [6, 6.07) is 18.9. The largest absolute Gasteiger partial charge is 0.497 e. The molecule has 5 heteroatoms. The smallest absolute Gasteiger partial charge is 0.191 e.